The summed E-state index contributed by atoms with van der Waals surface area (Å²) in [5.41, 5.74) is 5.45. The van der Waals surface area contributed by atoms with Gasteiger partial charge in [-0.05, 0) is 44.6 Å². The Bertz CT molecular complexity index is 101. The first-order valence-electron chi connectivity index (χ1n) is 4.93. The predicted molar refractivity (Wildman–Crippen MR) is 56.7 cm³/mol. The van der Waals surface area contributed by atoms with Gasteiger partial charge in [-0.2, -0.15) is 11.8 Å². The molecule has 2 N–H and O–H groups in total. The lowest BCUT2D eigenvalue weighted by atomic mass is 10.3. The van der Waals surface area contributed by atoms with Crippen molar-refractivity contribution in [3.8, 4) is 0 Å². The molecular weight excluding hydrogens is 168 g/mol. The minimum atomic E-state index is 0.850. The number of nitrogens with zero attached hydrogens (tertiary/aromatic N) is 1. The lowest BCUT2D eigenvalue weighted by Gasteiger charge is -2.18. The lowest BCUT2D eigenvalue weighted by Crippen LogP contribution is -2.27. The largest absolute Gasteiger partial charge is 0.330 e. The summed E-state index contributed by atoms with van der Waals surface area (Å²) in [5, 5.41) is 0. The van der Waals surface area contributed by atoms with Gasteiger partial charge in [0.15, 0.2) is 0 Å². The molecular formula is C9H20N2S. The van der Waals surface area contributed by atoms with E-state index in [9.17, 15) is 0 Å². The molecule has 0 unspecified atom stereocenters. The summed E-state index contributed by atoms with van der Waals surface area (Å²) in [6.07, 6.45) is 3.83. The first-order chi connectivity index (χ1) is 5.93. The fourth-order valence-electron chi connectivity index (χ4n) is 1.50. The first-order valence-corrected chi connectivity index (χ1v) is 6.09. The van der Waals surface area contributed by atoms with Crippen molar-refractivity contribution in [3.05, 3.63) is 0 Å². The number of nitrogens with two attached hydrogens (primary N) is 1. The predicted octanol–water partition coefficient (Wildman–Crippen LogP) is 1.16. The van der Waals surface area contributed by atoms with Crippen molar-refractivity contribution in [1.29, 1.82) is 0 Å². The van der Waals surface area contributed by atoms with Crippen LogP contribution in [0.4, 0.5) is 0 Å². The highest BCUT2D eigenvalue weighted by Crippen LogP contribution is 2.10. The van der Waals surface area contributed by atoms with Crippen molar-refractivity contribution < 1.29 is 0 Å². The average Bonchev–Trinajstić information content (AvgIpc) is 2.33. The normalized spacial score (nSPS) is 20.8. The van der Waals surface area contributed by atoms with Gasteiger partial charge in [-0.25, -0.2) is 0 Å². The number of thioether (sulfide) groups is 1. The third-order valence-corrected chi connectivity index (χ3v) is 3.29. The van der Waals surface area contributed by atoms with Crippen molar-refractivity contribution in [2.45, 2.75) is 19.3 Å². The highest BCUT2D eigenvalue weighted by molar-refractivity contribution is 7.99. The fraction of sp³-hybridized carbons (Fsp3) is 1.00. The molecule has 2 nitrogen and oxygen atoms in total. The van der Waals surface area contributed by atoms with Gasteiger partial charge < -0.3 is 10.6 Å². The van der Waals surface area contributed by atoms with Gasteiger partial charge in [0.1, 0.15) is 0 Å². The van der Waals surface area contributed by atoms with E-state index in [1.165, 1.54) is 50.4 Å². The van der Waals surface area contributed by atoms with Crippen molar-refractivity contribution >= 4 is 11.8 Å². The van der Waals surface area contributed by atoms with E-state index in [0.29, 0.717) is 0 Å². The van der Waals surface area contributed by atoms with Gasteiger partial charge in [-0.15, -0.1) is 0 Å². The van der Waals surface area contributed by atoms with Crippen LogP contribution in [0, 0.1) is 0 Å². The van der Waals surface area contributed by atoms with Crippen molar-refractivity contribution in [3.63, 3.8) is 0 Å². The van der Waals surface area contributed by atoms with E-state index >= 15 is 0 Å². The van der Waals surface area contributed by atoms with Crippen LogP contribution in [-0.4, -0.2) is 42.6 Å². The van der Waals surface area contributed by atoms with Gasteiger partial charge in [-0.3, -0.25) is 0 Å². The molecule has 0 bridgehead atoms. The molecule has 72 valence electrons. The van der Waals surface area contributed by atoms with Gasteiger partial charge in [0, 0.05) is 12.3 Å². The standard InChI is InChI=1S/C9H20N2S/c10-4-1-2-5-11-6-3-8-12-9-7-11/h1-10H2. The summed E-state index contributed by atoms with van der Waals surface area (Å²) < 4.78 is 0. The van der Waals surface area contributed by atoms with Crippen molar-refractivity contribution in [2.24, 2.45) is 5.73 Å². The van der Waals surface area contributed by atoms with Crippen LogP contribution in [0.3, 0.4) is 0 Å². The van der Waals surface area contributed by atoms with Crippen LogP contribution in [0.5, 0.6) is 0 Å². The Kier molecular flexibility index (Phi) is 5.82. The Labute approximate surface area is 79.9 Å². The van der Waals surface area contributed by atoms with Crippen LogP contribution >= 0.6 is 11.8 Å². The van der Waals surface area contributed by atoms with Crippen LogP contribution in [0.25, 0.3) is 0 Å². The highest BCUT2D eigenvalue weighted by Gasteiger charge is 2.07. The second kappa shape index (κ2) is 6.75. The smallest absolute Gasteiger partial charge is 0.00723 e. The second-order valence-electron chi connectivity index (χ2n) is 3.30. The quantitative estimate of drug-likeness (QED) is 0.671. The summed E-state index contributed by atoms with van der Waals surface area (Å²) in [7, 11) is 0. The third kappa shape index (κ3) is 4.33. The number of unbranched alkanes of at least 4 members (excludes halogenated alkanes) is 1. The van der Waals surface area contributed by atoms with E-state index in [4.69, 9.17) is 5.73 Å². The summed E-state index contributed by atoms with van der Waals surface area (Å²) in [4.78, 5) is 2.58. The fourth-order valence-corrected chi connectivity index (χ4v) is 2.43. The van der Waals surface area contributed by atoms with Gasteiger partial charge in [-0.1, -0.05) is 0 Å². The molecule has 1 aliphatic heterocycles. The molecule has 0 saturated carbocycles. The monoisotopic (exact) mass is 188 g/mol. The van der Waals surface area contributed by atoms with Crippen LogP contribution in [0.2, 0.25) is 0 Å². The molecule has 0 amide bonds. The van der Waals surface area contributed by atoms with E-state index in [1.54, 1.807) is 0 Å². The van der Waals surface area contributed by atoms with Gasteiger partial charge >= 0.3 is 0 Å². The molecule has 0 aromatic rings. The molecule has 1 heterocycles. The number of rotatable bonds is 4. The molecule has 0 aliphatic carbocycles. The third-order valence-electron chi connectivity index (χ3n) is 2.24. The Balaban J connectivity index is 2.04. The zero-order valence-electron chi connectivity index (χ0n) is 7.80. The molecule has 1 aliphatic rings. The minimum absolute atomic E-state index is 0.850. The summed E-state index contributed by atoms with van der Waals surface area (Å²) in [5.74, 6) is 2.68. The van der Waals surface area contributed by atoms with Crippen LogP contribution in [0.1, 0.15) is 19.3 Å². The van der Waals surface area contributed by atoms with Crippen molar-refractivity contribution in [1.82, 2.24) is 4.90 Å². The molecule has 1 saturated heterocycles. The van der Waals surface area contributed by atoms with Gasteiger partial charge in [0.25, 0.3) is 0 Å². The van der Waals surface area contributed by atoms with Crippen LogP contribution < -0.4 is 5.73 Å². The zero-order valence-corrected chi connectivity index (χ0v) is 8.61. The Hall–Kier alpha value is 0.270. The second-order valence-corrected chi connectivity index (χ2v) is 4.53. The summed E-state index contributed by atoms with van der Waals surface area (Å²) in [6.45, 7) is 4.70. The Morgan fingerprint density at radius 2 is 2.08 bits per heavy atom. The highest BCUT2D eigenvalue weighted by atomic mass is 32.2. The molecule has 0 atom stereocenters. The van der Waals surface area contributed by atoms with E-state index in [1.807, 2.05) is 0 Å². The zero-order chi connectivity index (χ0) is 8.65. The average molecular weight is 188 g/mol. The number of hydrogen-bond donors (Lipinski definition) is 1. The van der Waals surface area contributed by atoms with Crippen molar-refractivity contribution in [2.75, 3.05) is 37.7 Å². The van der Waals surface area contributed by atoms with Crippen LogP contribution in [0.15, 0.2) is 0 Å². The SMILES string of the molecule is NCCCCN1CCCSCC1. The molecule has 0 aromatic heterocycles. The molecule has 12 heavy (non-hydrogen) atoms. The van der Waals surface area contributed by atoms with E-state index in [2.05, 4.69) is 16.7 Å². The maximum Gasteiger partial charge on any atom is 0.00723 e. The molecule has 0 spiro atoms. The molecule has 0 aromatic carbocycles. The molecule has 3 heteroatoms. The van der Waals surface area contributed by atoms with Crippen LogP contribution in [-0.2, 0) is 0 Å². The maximum atomic E-state index is 5.45. The lowest BCUT2D eigenvalue weighted by molar-refractivity contribution is 0.290. The molecule has 1 rings (SSSR count). The van der Waals surface area contributed by atoms with Gasteiger partial charge in [0.05, 0.1) is 0 Å². The summed E-state index contributed by atoms with van der Waals surface area (Å²) >= 11 is 2.09. The number of hydrogen-bond acceptors (Lipinski definition) is 3. The Morgan fingerprint density at radius 3 is 2.92 bits per heavy atom. The Morgan fingerprint density at radius 1 is 1.17 bits per heavy atom. The van der Waals surface area contributed by atoms with Gasteiger partial charge in [0.2, 0.25) is 0 Å². The topological polar surface area (TPSA) is 29.3 Å². The van der Waals surface area contributed by atoms with E-state index in [-0.39, 0.29) is 0 Å². The first kappa shape index (κ1) is 10.4. The summed E-state index contributed by atoms with van der Waals surface area (Å²) in [6, 6.07) is 0. The molecule has 0 radical (unpaired) electrons. The minimum Gasteiger partial charge on any atom is -0.330 e. The molecule has 1 fully saturated rings. The maximum absolute atomic E-state index is 5.45. The van der Waals surface area contributed by atoms with E-state index < -0.39 is 0 Å². The van der Waals surface area contributed by atoms with E-state index in [0.717, 1.165) is 6.54 Å².